The van der Waals surface area contributed by atoms with Crippen molar-refractivity contribution in [2.24, 2.45) is 0 Å². The summed E-state index contributed by atoms with van der Waals surface area (Å²) in [5, 5.41) is 11.7. The molecule has 1 fully saturated rings. The molecule has 0 bridgehead atoms. The second kappa shape index (κ2) is 5.84. The van der Waals surface area contributed by atoms with Gasteiger partial charge in [0.1, 0.15) is 6.04 Å². The fourth-order valence-electron chi connectivity index (χ4n) is 3.56. The van der Waals surface area contributed by atoms with Gasteiger partial charge in [-0.3, -0.25) is 9.69 Å². The molecule has 1 aromatic heterocycles. The summed E-state index contributed by atoms with van der Waals surface area (Å²) in [4.78, 5) is 17.6. The molecule has 3 rings (SSSR count). The number of carboxylic acids is 1. The van der Waals surface area contributed by atoms with E-state index < -0.39 is 12.0 Å². The van der Waals surface area contributed by atoms with Crippen LogP contribution >= 0.6 is 11.3 Å². The highest BCUT2D eigenvalue weighted by molar-refractivity contribution is 7.10. The van der Waals surface area contributed by atoms with E-state index in [9.17, 15) is 9.90 Å². The highest BCUT2D eigenvalue weighted by Gasteiger charge is 2.37. The molecule has 2 unspecified atom stereocenters. The highest BCUT2D eigenvalue weighted by atomic mass is 32.1. The van der Waals surface area contributed by atoms with Crippen LogP contribution in [0.5, 0.6) is 0 Å². The molecule has 20 heavy (non-hydrogen) atoms. The third kappa shape index (κ3) is 2.62. The first-order valence-corrected chi connectivity index (χ1v) is 8.28. The Hall–Kier alpha value is -0.910. The number of likely N-dealkylation sites (tertiary alicyclic amines) is 1. The number of nitrogens with zero attached hydrogens (tertiary/aromatic N) is 2. The summed E-state index contributed by atoms with van der Waals surface area (Å²) in [7, 11) is 2.16. The first-order valence-electron chi connectivity index (χ1n) is 7.40. The fourth-order valence-corrected chi connectivity index (χ4v) is 4.46. The van der Waals surface area contributed by atoms with Gasteiger partial charge in [0.15, 0.2) is 0 Å². The predicted molar refractivity (Wildman–Crippen MR) is 80.2 cm³/mol. The molecule has 110 valence electrons. The molecule has 2 aliphatic heterocycles. The Balaban J connectivity index is 1.83. The molecule has 0 spiro atoms. The molecular weight excluding hydrogens is 272 g/mol. The Bertz CT molecular complexity index is 488. The van der Waals surface area contributed by atoms with Gasteiger partial charge >= 0.3 is 5.97 Å². The van der Waals surface area contributed by atoms with Gasteiger partial charge in [0.2, 0.25) is 0 Å². The van der Waals surface area contributed by atoms with Crippen molar-refractivity contribution in [2.75, 3.05) is 26.7 Å². The van der Waals surface area contributed by atoms with E-state index in [1.165, 1.54) is 11.3 Å². The van der Waals surface area contributed by atoms with Crippen LogP contribution in [0.1, 0.15) is 35.7 Å². The molecule has 1 saturated heterocycles. The molecule has 1 N–H and O–H groups in total. The van der Waals surface area contributed by atoms with Crippen LogP contribution < -0.4 is 0 Å². The topological polar surface area (TPSA) is 43.8 Å². The molecule has 2 aliphatic rings. The maximum Gasteiger partial charge on any atom is 0.325 e. The van der Waals surface area contributed by atoms with Gasteiger partial charge in [-0.05, 0) is 62.8 Å². The molecule has 1 aromatic rings. The number of fused-ring (bicyclic) bond motifs is 1. The van der Waals surface area contributed by atoms with Crippen LogP contribution in [0.4, 0.5) is 0 Å². The van der Waals surface area contributed by atoms with Crippen molar-refractivity contribution in [3.63, 3.8) is 0 Å². The van der Waals surface area contributed by atoms with Gasteiger partial charge in [-0.1, -0.05) is 0 Å². The summed E-state index contributed by atoms with van der Waals surface area (Å²) in [5.74, 6) is -0.693. The third-order valence-corrected chi connectivity index (χ3v) is 5.62. The normalized spacial score (nSPS) is 28.9. The number of carboxylic acid groups (broad SMARTS) is 1. The van der Waals surface area contributed by atoms with Crippen LogP contribution in [-0.4, -0.2) is 53.6 Å². The molecule has 2 atom stereocenters. The van der Waals surface area contributed by atoms with Crippen LogP contribution in [0.25, 0.3) is 0 Å². The van der Waals surface area contributed by atoms with Gasteiger partial charge in [-0.2, -0.15) is 0 Å². The lowest BCUT2D eigenvalue weighted by Gasteiger charge is -2.38. The van der Waals surface area contributed by atoms with E-state index in [1.54, 1.807) is 11.3 Å². The maximum absolute atomic E-state index is 11.8. The summed E-state index contributed by atoms with van der Waals surface area (Å²) >= 11 is 1.70. The molecule has 0 aromatic carbocycles. The van der Waals surface area contributed by atoms with Crippen molar-refractivity contribution >= 4 is 17.3 Å². The standard InChI is InChI=1S/C15H22N2O2S/c1-16-7-2-3-11(4-8-16)17-9-5-13-12(6-10-20-13)14(17)15(18)19/h6,10-11,14H,2-5,7-9H2,1H3,(H,18,19). The fraction of sp³-hybridized carbons (Fsp3) is 0.667. The van der Waals surface area contributed by atoms with Crippen LogP contribution in [0.3, 0.4) is 0 Å². The molecule has 0 radical (unpaired) electrons. The van der Waals surface area contributed by atoms with Gasteiger partial charge in [0.05, 0.1) is 0 Å². The van der Waals surface area contributed by atoms with E-state index in [0.29, 0.717) is 6.04 Å². The molecule has 3 heterocycles. The van der Waals surface area contributed by atoms with E-state index in [4.69, 9.17) is 0 Å². The summed E-state index contributed by atoms with van der Waals surface area (Å²) in [6.07, 6.45) is 4.37. The minimum absolute atomic E-state index is 0.411. The van der Waals surface area contributed by atoms with Crippen molar-refractivity contribution in [1.29, 1.82) is 0 Å². The number of rotatable bonds is 2. The van der Waals surface area contributed by atoms with E-state index in [0.717, 1.165) is 44.5 Å². The Morgan fingerprint density at radius 1 is 1.35 bits per heavy atom. The van der Waals surface area contributed by atoms with Gasteiger partial charge in [0, 0.05) is 17.5 Å². The van der Waals surface area contributed by atoms with E-state index in [1.807, 2.05) is 11.4 Å². The number of hydrogen-bond acceptors (Lipinski definition) is 4. The van der Waals surface area contributed by atoms with Gasteiger partial charge in [0.25, 0.3) is 0 Å². The summed E-state index contributed by atoms with van der Waals surface area (Å²) in [5.41, 5.74) is 1.03. The third-order valence-electron chi connectivity index (χ3n) is 4.63. The lowest BCUT2D eigenvalue weighted by atomic mass is 9.95. The van der Waals surface area contributed by atoms with Crippen LogP contribution in [0.2, 0.25) is 0 Å². The zero-order valence-corrected chi connectivity index (χ0v) is 12.7. The molecule has 0 saturated carbocycles. The minimum Gasteiger partial charge on any atom is -0.480 e. The highest BCUT2D eigenvalue weighted by Crippen LogP contribution is 2.36. The number of aliphatic carboxylic acids is 1. The van der Waals surface area contributed by atoms with Crippen molar-refractivity contribution in [2.45, 2.75) is 37.8 Å². The summed E-state index contributed by atoms with van der Waals surface area (Å²) < 4.78 is 0. The molecule has 0 aliphatic carbocycles. The van der Waals surface area contributed by atoms with Crippen molar-refractivity contribution in [3.8, 4) is 0 Å². The lowest BCUT2D eigenvalue weighted by molar-refractivity contribution is -0.145. The van der Waals surface area contributed by atoms with Gasteiger partial charge < -0.3 is 10.0 Å². The molecule has 4 nitrogen and oxygen atoms in total. The van der Waals surface area contributed by atoms with Crippen molar-refractivity contribution < 1.29 is 9.90 Å². The van der Waals surface area contributed by atoms with Gasteiger partial charge in [-0.25, -0.2) is 0 Å². The Morgan fingerprint density at radius 2 is 2.20 bits per heavy atom. The Morgan fingerprint density at radius 3 is 3.00 bits per heavy atom. The van der Waals surface area contributed by atoms with Crippen molar-refractivity contribution in [3.05, 3.63) is 21.9 Å². The molecule has 5 heteroatoms. The summed E-state index contributed by atoms with van der Waals surface area (Å²) in [6, 6.07) is 1.99. The Labute approximate surface area is 124 Å². The monoisotopic (exact) mass is 294 g/mol. The zero-order chi connectivity index (χ0) is 14.1. The smallest absolute Gasteiger partial charge is 0.325 e. The number of carbonyl (C=O) groups is 1. The number of thiophene rings is 1. The lowest BCUT2D eigenvalue weighted by Crippen LogP contribution is -2.45. The SMILES string of the molecule is CN1CCCC(N2CCc3sccc3C2C(=O)O)CC1. The Kier molecular flexibility index (Phi) is 4.10. The molecule has 0 amide bonds. The number of hydrogen-bond donors (Lipinski definition) is 1. The van der Waals surface area contributed by atoms with Crippen LogP contribution in [-0.2, 0) is 11.2 Å². The van der Waals surface area contributed by atoms with Crippen LogP contribution in [0.15, 0.2) is 11.4 Å². The second-order valence-corrected chi connectivity index (χ2v) is 6.92. The summed E-state index contributed by atoms with van der Waals surface area (Å²) in [6.45, 7) is 3.09. The van der Waals surface area contributed by atoms with E-state index in [-0.39, 0.29) is 0 Å². The zero-order valence-electron chi connectivity index (χ0n) is 11.9. The second-order valence-electron chi connectivity index (χ2n) is 5.92. The quantitative estimate of drug-likeness (QED) is 0.908. The van der Waals surface area contributed by atoms with Crippen LogP contribution in [0, 0.1) is 0 Å². The largest absolute Gasteiger partial charge is 0.480 e. The first kappa shape index (κ1) is 14.0. The average Bonchev–Trinajstić information content (AvgIpc) is 2.79. The average molecular weight is 294 g/mol. The van der Waals surface area contributed by atoms with Gasteiger partial charge in [-0.15, -0.1) is 11.3 Å². The molecular formula is C15H22N2O2S. The maximum atomic E-state index is 11.8. The minimum atomic E-state index is -0.693. The van der Waals surface area contributed by atoms with E-state index in [2.05, 4.69) is 16.8 Å². The first-order chi connectivity index (χ1) is 9.66. The van der Waals surface area contributed by atoms with E-state index >= 15 is 0 Å². The predicted octanol–water partition coefficient (Wildman–Crippen LogP) is 2.22. The van der Waals surface area contributed by atoms with Crippen molar-refractivity contribution in [1.82, 2.24) is 9.80 Å².